The Kier molecular flexibility index (Phi) is 3.61. The number of hydrogen-bond donors (Lipinski definition) is 2. The van der Waals surface area contributed by atoms with Crippen LogP contribution in [0.25, 0.3) is 0 Å². The molecule has 0 aliphatic rings. The van der Waals surface area contributed by atoms with Crippen LogP contribution in [0, 0.1) is 0 Å². The summed E-state index contributed by atoms with van der Waals surface area (Å²) in [5, 5.41) is 19.8. The first-order chi connectivity index (χ1) is 8.58. The van der Waals surface area contributed by atoms with Gasteiger partial charge in [-0.25, -0.2) is 0 Å². The van der Waals surface area contributed by atoms with E-state index in [0.717, 1.165) is 0 Å². The second-order valence-corrected chi connectivity index (χ2v) is 4.56. The zero-order chi connectivity index (χ0) is 13.1. The molecule has 0 bridgehead atoms. The van der Waals surface area contributed by atoms with Crippen LogP contribution >= 0.6 is 15.9 Å². The SMILES string of the molecule is Cn1cnnc1CNC(=O)c1ccc(Br)c(O)c1. The first-order valence-electron chi connectivity index (χ1n) is 5.17. The Morgan fingerprint density at radius 2 is 2.33 bits per heavy atom. The van der Waals surface area contributed by atoms with E-state index < -0.39 is 0 Å². The first-order valence-corrected chi connectivity index (χ1v) is 5.97. The number of rotatable bonds is 3. The van der Waals surface area contributed by atoms with Gasteiger partial charge in [0, 0.05) is 12.6 Å². The van der Waals surface area contributed by atoms with E-state index in [-0.39, 0.29) is 18.2 Å². The molecule has 0 fully saturated rings. The number of phenols is 1. The van der Waals surface area contributed by atoms with Crippen molar-refractivity contribution in [2.75, 3.05) is 0 Å². The molecule has 1 aromatic heterocycles. The fraction of sp³-hybridized carbons (Fsp3) is 0.182. The van der Waals surface area contributed by atoms with Gasteiger partial charge in [-0.3, -0.25) is 4.79 Å². The third-order valence-corrected chi connectivity index (χ3v) is 3.09. The molecule has 2 N–H and O–H groups in total. The number of phenolic OH excluding ortho intramolecular Hbond substituents is 1. The van der Waals surface area contributed by atoms with E-state index in [1.807, 2.05) is 0 Å². The quantitative estimate of drug-likeness (QED) is 0.893. The lowest BCUT2D eigenvalue weighted by molar-refractivity contribution is 0.0949. The Hall–Kier alpha value is -1.89. The Labute approximate surface area is 112 Å². The lowest BCUT2D eigenvalue weighted by Crippen LogP contribution is -2.24. The molecule has 0 aliphatic heterocycles. The molecule has 2 aromatic rings. The van der Waals surface area contributed by atoms with E-state index in [0.29, 0.717) is 15.9 Å². The van der Waals surface area contributed by atoms with Gasteiger partial charge in [-0.05, 0) is 34.1 Å². The zero-order valence-electron chi connectivity index (χ0n) is 9.59. The molecule has 0 aliphatic carbocycles. The summed E-state index contributed by atoms with van der Waals surface area (Å²) in [7, 11) is 1.80. The Balaban J connectivity index is 2.04. The smallest absolute Gasteiger partial charge is 0.251 e. The van der Waals surface area contributed by atoms with Crippen molar-refractivity contribution >= 4 is 21.8 Å². The monoisotopic (exact) mass is 310 g/mol. The molecular weight excluding hydrogens is 300 g/mol. The van der Waals surface area contributed by atoms with Crippen LogP contribution in [0.5, 0.6) is 5.75 Å². The van der Waals surface area contributed by atoms with E-state index in [1.54, 1.807) is 30.1 Å². The molecule has 94 valence electrons. The highest BCUT2D eigenvalue weighted by Crippen LogP contribution is 2.24. The molecule has 0 saturated heterocycles. The number of halogens is 1. The predicted octanol–water partition coefficient (Wildman–Crippen LogP) is 1.21. The number of benzene rings is 1. The molecule has 1 aromatic carbocycles. The predicted molar refractivity (Wildman–Crippen MR) is 68.0 cm³/mol. The average Bonchev–Trinajstić information content (AvgIpc) is 2.75. The number of carbonyl (C=O) groups excluding carboxylic acids is 1. The number of amides is 1. The maximum Gasteiger partial charge on any atom is 0.251 e. The van der Waals surface area contributed by atoms with Crippen molar-refractivity contribution in [2.45, 2.75) is 6.54 Å². The van der Waals surface area contributed by atoms with Crippen molar-refractivity contribution in [3.8, 4) is 5.75 Å². The Morgan fingerprint density at radius 3 is 2.94 bits per heavy atom. The highest BCUT2D eigenvalue weighted by atomic mass is 79.9. The maximum atomic E-state index is 11.8. The van der Waals surface area contributed by atoms with E-state index in [1.165, 1.54) is 6.07 Å². The van der Waals surface area contributed by atoms with Crippen molar-refractivity contribution in [1.82, 2.24) is 20.1 Å². The molecule has 18 heavy (non-hydrogen) atoms. The molecule has 1 heterocycles. The molecule has 0 unspecified atom stereocenters. The third kappa shape index (κ3) is 2.67. The van der Waals surface area contributed by atoms with E-state index in [2.05, 4.69) is 31.4 Å². The second-order valence-electron chi connectivity index (χ2n) is 3.71. The van der Waals surface area contributed by atoms with Gasteiger partial charge in [-0.1, -0.05) is 0 Å². The molecule has 0 atom stereocenters. The van der Waals surface area contributed by atoms with Crippen LogP contribution in [-0.2, 0) is 13.6 Å². The molecule has 2 rings (SSSR count). The van der Waals surface area contributed by atoms with E-state index in [4.69, 9.17) is 0 Å². The number of carbonyl (C=O) groups is 1. The van der Waals surface area contributed by atoms with Gasteiger partial charge in [-0.15, -0.1) is 10.2 Å². The molecule has 1 amide bonds. The summed E-state index contributed by atoms with van der Waals surface area (Å²) < 4.78 is 2.27. The van der Waals surface area contributed by atoms with Gasteiger partial charge >= 0.3 is 0 Å². The number of hydrogen-bond acceptors (Lipinski definition) is 4. The van der Waals surface area contributed by atoms with Crippen molar-refractivity contribution in [3.63, 3.8) is 0 Å². The van der Waals surface area contributed by atoms with Gasteiger partial charge in [0.05, 0.1) is 11.0 Å². The highest BCUT2D eigenvalue weighted by Gasteiger charge is 2.09. The van der Waals surface area contributed by atoms with Crippen molar-refractivity contribution in [1.29, 1.82) is 0 Å². The molecule has 7 heteroatoms. The number of aromatic hydroxyl groups is 1. The summed E-state index contributed by atoms with van der Waals surface area (Å²) >= 11 is 3.16. The van der Waals surface area contributed by atoms with E-state index >= 15 is 0 Å². The summed E-state index contributed by atoms with van der Waals surface area (Å²) in [4.78, 5) is 11.8. The summed E-state index contributed by atoms with van der Waals surface area (Å²) in [5.74, 6) is 0.409. The van der Waals surface area contributed by atoms with Crippen LogP contribution < -0.4 is 5.32 Å². The minimum Gasteiger partial charge on any atom is -0.507 e. The van der Waals surface area contributed by atoms with Gasteiger partial charge in [0.15, 0.2) is 5.82 Å². The number of aromatic nitrogens is 3. The Morgan fingerprint density at radius 1 is 1.56 bits per heavy atom. The van der Waals surface area contributed by atoms with Crippen LogP contribution in [0.1, 0.15) is 16.2 Å². The minimum atomic E-state index is -0.277. The van der Waals surface area contributed by atoms with Crippen LogP contribution in [0.2, 0.25) is 0 Å². The van der Waals surface area contributed by atoms with Crippen LogP contribution in [0.3, 0.4) is 0 Å². The molecule has 0 spiro atoms. The standard InChI is InChI=1S/C11H11BrN4O2/c1-16-6-14-15-10(16)5-13-11(18)7-2-3-8(12)9(17)4-7/h2-4,6,17H,5H2,1H3,(H,13,18). The molecular formula is C11H11BrN4O2. The van der Waals surface area contributed by atoms with Crippen molar-refractivity contribution in [2.24, 2.45) is 7.05 Å². The first kappa shape index (κ1) is 12.6. The molecule has 0 radical (unpaired) electrons. The normalized spacial score (nSPS) is 10.3. The molecule has 6 nitrogen and oxygen atoms in total. The number of aryl methyl sites for hydroxylation is 1. The summed E-state index contributed by atoms with van der Waals surface area (Å²) in [6, 6.07) is 4.64. The lowest BCUT2D eigenvalue weighted by Gasteiger charge is -2.05. The lowest BCUT2D eigenvalue weighted by atomic mass is 10.2. The van der Waals surface area contributed by atoms with Crippen LogP contribution in [-0.4, -0.2) is 25.8 Å². The highest BCUT2D eigenvalue weighted by molar-refractivity contribution is 9.10. The van der Waals surface area contributed by atoms with E-state index in [9.17, 15) is 9.90 Å². The molecule has 0 saturated carbocycles. The largest absolute Gasteiger partial charge is 0.507 e. The fourth-order valence-electron chi connectivity index (χ4n) is 1.38. The summed E-state index contributed by atoms with van der Waals surface area (Å²) in [5.41, 5.74) is 0.387. The number of nitrogens with zero attached hydrogens (tertiary/aromatic N) is 3. The van der Waals surface area contributed by atoms with Gasteiger partial charge in [0.1, 0.15) is 12.1 Å². The Bertz CT molecular complexity index is 582. The van der Waals surface area contributed by atoms with Gasteiger partial charge in [0.2, 0.25) is 0 Å². The topological polar surface area (TPSA) is 80.0 Å². The fourth-order valence-corrected chi connectivity index (χ4v) is 1.63. The van der Waals surface area contributed by atoms with Gasteiger partial charge in [0.25, 0.3) is 5.91 Å². The summed E-state index contributed by atoms with van der Waals surface area (Å²) in [6.45, 7) is 0.284. The van der Waals surface area contributed by atoms with Crippen LogP contribution in [0.4, 0.5) is 0 Å². The van der Waals surface area contributed by atoms with Crippen molar-refractivity contribution in [3.05, 3.63) is 40.4 Å². The maximum absolute atomic E-state index is 11.8. The number of nitrogens with one attached hydrogen (secondary N) is 1. The van der Waals surface area contributed by atoms with Gasteiger partial charge in [-0.2, -0.15) is 0 Å². The van der Waals surface area contributed by atoms with Gasteiger partial charge < -0.3 is 15.0 Å². The minimum absolute atomic E-state index is 0.0290. The van der Waals surface area contributed by atoms with Crippen LogP contribution in [0.15, 0.2) is 29.0 Å². The zero-order valence-corrected chi connectivity index (χ0v) is 11.2. The summed E-state index contributed by atoms with van der Waals surface area (Å²) in [6.07, 6.45) is 1.56. The second kappa shape index (κ2) is 5.18. The third-order valence-electron chi connectivity index (χ3n) is 2.42. The van der Waals surface area contributed by atoms with Crippen molar-refractivity contribution < 1.29 is 9.90 Å². The average molecular weight is 311 g/mol.